The van der Waals surface area contributed by atoms with E-state index >= 15 is 0 Å². The standard InChI is InChI=1S/C19H15ClN4O5/c1-22-17(25)10-18(23(2)19(22)26)29-16-6-4-3-5-15(16)21-11-12-9-13(24(27)28)7-8-14(12)20/h3-11H,1-2H3. The lowest BCUT2D eigenvalue weighted by molar-refractivity contribution is -0.384. The molecule has 148 valence electrons. The molecule has 3 rings (SSSR count). The lowest BCUT2D eigenvalue weighted by Crippen LogP contribution is -2.36. The molecule has 3 aromatic rings. The van der Waals surface area contributed by atoms with Crippen molar-refractivity contribution in [3.63, 3.8) is 0 Å². The lowest BCUT2D eigenvalue weighted by atomic mass is 10.2. The highest BCUT2D eigenvalue weighted by Gasteiger charge is 2.11. The van der Waals surface area contributed by atoms with E-state index < -0.39 is 16.2 Å². The molecule has 29 heavy (non-hydrogen) atoms. The first-order valence-electron chi connectivity index (χ1n) is 8.30. The Kier molecular flexibility index (Phi) is 5.60. The molecular weight excluding hydrogens is 400 g/mol. The molecule has 0 spiro atoms. The summed E-state index contributed by atoms with van der Waals surface area (Å²) < 4.78 is 7.89. The topological polar surface area (TPSA) is 109 Å². The fourth-order valence-electron chi connectivity index (χ4n) is 2.46. The molecule has 0 saturated heterocycles. The van der Waals surface area contributed by atoms with Gasteiger partial charge in [-0.25, -0.2) is 4.79 Å². The highest BCUT2D eigenvalue weighted by Crippen LogP contribution is 2.31. The summed E-state index contributed by atoms with van der Waals surface area (Å²) in [6.45, 7) is 0. The zero-order valence-corrected chi connectivity index (χ0v) is 16.2. The van der Waals surface area contributed by atoms with Crippen LogP contribution in [0.2, 0.25) is 5.02 Å². The Morgan fingerprint density at radius 3 is 2.55 bits per heavy atom. The third-order valence-electron chi connectivity index (χ3n) is 4.09. The Bertz CT molecular complexity index is 1250. The van der Waals surface area contributed by atoms with Gasteiger partial charge in [-0.15, -0.1) is 0 Å². The smallest absolute Gasteiger partial charge is 0.333 e. The number of para-hydroxylation sites is 2. The van der Waals surface area contributed by atoms with Gasteiger partial charge in [-0.2, -0.15) is 0 Å². The Morgan fingerprint density at radius 1 is 1.10 bits per heavy atom. The maximum atomic E-state index is 12.1. The van der Waals surface area contributed by atoms with E-state index in [1.165, 1.54) is 49.1 Å². The van der Waals surface area contributed by atoms with Gasteiger partial charge in [-0.3, -0.25) is 29.0 Å². The molecule has 1 aromatic heterocycles. The molecule has 0 aliphatic heterocycles. The molecule has 0 aliphatic rings. The number of nitrogens with zero attached hydrogens (tertiary/aromatic N) is 4. The Balaban J connectivity index is 1.98. The van der Waals surface area contributed by atoms with E-state index in [0.29, 0.717) is 16.3 Å². The number of rotatable bonds is 5. The first kappa shape index (κ1) is 20.0. The van der Waals surface area contributed by atoms with Crippen LogP contribution in [0.15, 0.2) is 63.1 Å². The fourth-order valence-corrected chi connectivity index (χ4v) is 2.62. The van der Waals surface area contributed by atoms with E-state index in [9.17, 15) is 19.7 Å². The molecule has 0 atom stereocenters. The van der Waals surface area contributed by atoms with E-state index in [2.05, 4.69) is 4.99 Å². The van der Waals surface area contributed by atoms with Crippen molar-refractivity contribution in [2.45, 2.75) is 0 Å². The monoisotopic (exact) mass is 414 g/mol. The summed E-state index contributed by atoms with van der Waals surface area (Å²) in [5.41, 5.74) is -0.417. The average molecular weight is 415 g/mol. The van der Waals surface area contributed by atoms with Crippen LogP contribution in [0.1, 0.15) is 5.56 Å². The number of non-ortho nitro benzene ring substituents is 1. The Hall–Kier alpha value is -3.72. The number of ether oxygens (including phenoxy) is 1. The van der Waals surface area contributed by atoms with Crippen molar-refractivity contribution in [3.8, 4) is 11.6 Å². The minimum absolute atomic E-state index is 0.0501. The van der Waals surface area contributed by atoms with Crippen LogP contribution in [0.5, 0.6) is 11.6 Å². The van der Waals surface area contributed by atoms with Gasteiger partial charge < -0.3 is 4.74 Å². The fraction of sp³-hybridized carbons (Fsp3) is 0.105. The molecule has 0 saturated carbocycles. The Morgan fingerprint density at radius 2 is 1.83 bits per heavy atom. The number of hydrogen-bond acceptors (Lipinski definition) is 6. The maximum absolute atomic E-state index is 12.1. The number of nitro groups is 1. The van der Waals surface area contributed by atoms with Gasteiger partial charge in [0.2, 0.25) is 5.88 Å². The van der Waals surface area contributed by atoms with Gasteiger partial charge in [0, 0.05) is 43.0 Å². The van der Waals surface area contributed by atoms with Crippen molar-refractivity contribution in [3.05, 3.63) is 90.1 Å². The molecule has 0 radical (unpaired) electrons. The summed E-state index contributed by atoms with van der Waals surface area (Å²) in [7, 11) is 2.85. The summed E-state index contributed by atoms with van der Waals surface area (Å²) in [6, 6.07) is 11.9. The number of hydrogen-bond donors (Lipinski definition) is 0. The highest BCUT2D eigenvalue weighted by atomic mass is 35.5. The predicted molar refractivity (Wildman–Crippen MR) is 109 cm³/mol. The third-order valence-corrected chi connectivity index (χ3v) is 4.44. The Labute approximate surface area is 169 Å². The molecule has 0 amide bonds. The molecule has 0 N–H and O–H groups in total. The van der Waals surface area contributed by atoms with Crippen molar-refractivity contribution in [2.24, 2.45) is 19.1 Å². The summed E-state index contributed by atoms with van der Waals surface area (Å²) in [6.07, 6.45) is 1.38. The summed E-state index contributed by atoms with van der Waals surface area (Å²) >= 11 is 6.09. The number of nitro benzene ring substituents is 1. The van der Waals surface area contributed by atoms with Crippen LogP contribution in [0, 0.1) is 10.1 Å². The van der Waals surface area contributed by atoms with E-state index in [4.69, 9.17) is 16.3 Å². The summed E-state index contributed by atoms with van der Waals surface area (Å²) in [5.74, 6) is 0.336. The lowest BCUT2D eigenvalue weighted by Gasteiger charge is -2.12. The van der Waals surface area contributed by atoms with E-state index in [1.807, 2.05) is 0 Å². The molecule has 0 unspecified atom stereocenters. The largest absolute Gasteiger partial charge is 0.438 e. The van der Waals surface area contributed by atoms with Crippen molar-refractivity contribution in [1.82, 2.24) is 9.13 Å². The van der Waals surface area contributed by atoms with Crippen LogP contribution in [-0.4, -0.2) is 20.3 Å². The minimum Gasteiger partial charge on any atom is -0.438 e. The van der Waals surface area contributed by atoms with Crippen molar-refractivity contribution >= 4 is 29.2 Å². The second-order valence-corrected chi connectivity index (χ2v) is 6.42. The average Bonchev–Trinajstić information content (AvgIpc) is 2.70. The third kappa shape index (κ3) is 4.25. The predicted octanol–water partition coefficient (Wildman–Crippen LogP) is 3.19. The molecule has 0 aliphatic carbocycles. The van der Waals surface area contributed by atoms with Crippen LogP contribution < -0.4 is 16.0 Å². The number of halogens is 1. The van der Waals surface area contributed by atoms with Crippen molar-refractivity contribution in [2.75, 3.05) is 0 Å². The first-order valence-corrected chi connectivity index (χ1v) is 8.67. The van der Waals surface area contributed by atoms with Crippen LogP contribution in [0.25, 0.3) is 0 Å². The molecule has 1 heterocycles. The molecule has 2 aromatic carbocycles. The summed E-state index contributed by atoms with van der Waals surface area (Å²) in [5, 5.41) is 11.2. The first-order chi connectivity index (χ1) is 13.8. The van der Waals surface area contributed by atoms with Gasteiger partial charge in [0.1, 0.15) is 5.69 Å². The number of benzene rings is 2. The van der Waals surface area contributed by atoms with Gasteiger partial charge in [0.05, 0.1) is 11.0 Å². The van der Waals surface area contributed by atoms with Crippen LogP contribution in [-0.2, 0) is 14.1 Å². The van der Waals surface area contributed by atoms with E-state index in [1.54, 1.807) is 24.3 Å². The molecule has 9 nitrogen and oxygen atoms in total. The molecule has 0 bridgehead atoms. The summed E-state index contributed by atoms with van der Waals surface area (Å²) in [4.78, 5) is 38.7. The van der Waals surface area contributed by atoms with E-state index in [0.717, 1.165) is 4.57 Å². The molecular formula is C19H15ClN4O5. The van der Waals surface area contributed by atoms with Gasteiger partial charge >= 0.3 is 5.69 Å². The maximum Gasteiger partial charge on any atom is 0.333 e. The SMILES string of the molecule is Cn1c(Oc2ccccc2N=Cc2cc([N+](=O)[O-])ccc2Cl)cc(=O)n(C)c1=O. The van der Waals surface area contributed by atoms with Crippen LogP contribution in [0.4, 0.5) is 11.4 Å². The second kappa shape index (κ2) is 8.11. The van der Waals surface area contributed by atoms with E-state index in [-0.39, 0.29) is 17.3 Å². The van der Waals surface area contributed by atoms with Gasteiger partial charge in [0.15, 0.2) is 5.75 Å². The van der Waals surface area contributed by atoms with Gasteiger partial charge in [0.25, 0.3) is 11.2 Å². The number of aromatic nitrogens is 2. The minimum atomic E-state index is -0.531. The highest BCUT2D eigenvalue weighted by molar-refractivity contribution is 6.33. The zero-order valence-electron chi connectivity index (χ0n) is 15.4. The molecule has 10 heteroatoms. The molecule has 0 fully saturated rings. The zero-order chi connectivity index (χ0) is 21.1. The van der Waals surface area contributed by atoms with Crippen molar-refractivity contribution < 1.29 is 9.66 Å². The normalized spacial score (nSPS) is 11.0. The van der Waals surface area contributed by atoms with Crippen molar-refractivity contribution in [1.29, 1.82) is 0 Å². The van der Waals surface area contributed by atoms with Gasteiger partial charge in [-0.1, -0.05) is 23.7 Å². The van der Waals surface area contributed by atoms with Gasteiger partial charge in [-0.05, 0) is 18.2 Å². The second-order valence-electron chi connectivity index (χ2n) is 6.01. The van der Waals surface area contributed by atoms with Crippen LogP contribution >= 0.6 is 11.6 Å². The quantitative estimate of drug-likeness (QED) is 0.362. The van der Waals surface area contributed by atoms with Crippen LogP contribution in [0.3, 0.4) is 0 Å². The number of aliphatic imine (C=N–C) groups is 1.